The van der Waals surface area contributed by atoms with E-state index in [1.54, 1.807) is 6.07 Å². The Balaban J connectivity index is 1.82. The number of aromatic nitrogens is 2. The largest absolute Gasteiger partial charge is 0.408 e. The van der Waals surface area contributed by atoms with Crippen LogP contribution in [0.5, 0.6) is 0 Å². The maximum Gasteiger partial charge on any atom is 0.312 e. The lowest BCUT2D eigenvalue weighted by Crippen LogP contribution is -2.34. The van der Waals surface area contributed by atoms with E-state index in [0.717, 1.165) is 18.4 Å². The highest BCUT2D eigenvalue weighted by atomic mass is 32.2. The zero-order valence-corrected chi connectivity index (χ0v) is 16.5. The Labute approximate surface area is 154 Å². The van der Waals surface area contributed by atoms with E-state index < -0.39 is 10.0 Å². The monoisotopic (exact) mass is 378 g/mol. The molecular formula is C18H26N4O3S. The van der Waals surface area contributed by atoms with Gasteiger partial charge in [-0.15, -0.1) is 5.10 Å². The Morgan fingerprint density at radius 2 is 1.77 bits per heavy atom. The van der Waals surface area contributed by atoms with Crippen LogP contribution in [0.3, 0.4) is 0 Å². The molecule has 3 N–H and O–H groups in total. The summed E-state index contributed by atoms with van der Waals surface area (Å²) in [6.07, 6.45) is 2.40. The smallest absolute Gasteiger partial charge is 0.312 e. The predicted octanol–water partition coefficient (Wildman–Crippen LogP) is 2.52. The fourth-order valence-electron chi connectivity index (χ4n) is 3.48. The summed E-state index contributed by atoms with van der Waals surface area (Å²) in [5.74, 6) is 0.304. The molecule has 26 heavy (non-hydrogen) atoms. The first-order valence-corrected chi connectivity index (χ1v) is 10.2. The third-order valence-corrected chi connectivity index (χ3v) is 6.71. The van der Waals surface area contributed by atoms with Crippen LogP contribution < -0.4 is 10.5 Å². The van der Waals surface area contributed by atoms with Crippen LogP contribution in [-0.4, -0.2) is 25.2 Å². The molecule has 0 unspecified atom stereocenters. The maximum absolute atomic E-state index is 12.7. The van der Waals surface area contributed by atoms with Gasteiger partial charge in [0.2, 0.25) is 15.9 Å². The van der Waals surface area contributed by atoms with Gasteiger partial charge >= 0.3 is 6.01 Å². The van der Waals surface area contributed by atoms with Gasteiger partial charge in [0.25, 0.3) is 0 Å². The molecular weight excluding hydrogens is 352 g/mol. The lowest BCUT2D eigenvalue weighted by Gasteiger charge is -2.42. The molecule has 3 rings (SSSR count). The average molecular weight is 378 g/mol. The second kappa shape index (κ2) is 6.35. The zero-order chi connectivity index (χ0) is 19.2. The summed E-state index contributed by atoms with van der Waals surface area (Å²) in [5.41, 5.74) is 7.71. The van der Waals surface area contributed by atoms with Crippen molar-refractivity contribution in [3.8, 4) is 0 Å². The van der Waals surface area contributed by atoms with Crippen molar-refractivity contribution in [2.75, 3.05) is 12.3 Å². The molecule has 0 spiro atoms. The van der Waals surface area contributed by atoms with Gasteiger partial charge in [-0.1, -0.05) is 38.9 Å². The van der Waals surface area contributed by atoms with Crippen molar-refractivity contribution in [2.45, 2.75) is 62.7 Å². The standard InChI is InChI=1S/C18H26N4O3S/c1-17(2)8-9-18(3,4)14-11-12(5-6-13(14)17)26(23,24)20-10-7-15-21-22-16(19)25-15/h5-6,11,20H,7-10H2,1-4H3,(H2,19,22). The molecule has 0 saturated carbocycles. The predicted molar refractivity (Wildman–Crippen MR) is 99.3 cm³/mol. The van der Waals surface area contributed by atoms with E-state index >= 15 is 0 Å². The molecule has 1 heterocycles. The Morgan fingerprint density at radius 3 is 2.38 bits per heavy atom. The number of hydrogen-bond acceptors (Lipinski definition) is 6. The van der Waals surface area contributed by atoms with Crippen molar-refractivity contribution in [3.63, 3.8) is 0 Å². The van der Waals surface area contributed by atoms with Gasteiger partial charge in [0.15, 0.2) is 0 Å². The lowest BCUT2D eigenvalue weighted by atomic mass is 9.63. The summed E-state index contributed by atoms with van der Waals surface area (Å²) in [6.45, 7) is 8.93. The Hall–Kier alpha value is -1.93. The minimum absolute atomic E-state index is 0.0256. The minimum Gasteiger partial charge on any atom is -0.408 e. The summed E-state index contributed by atoms with van der Waals surface area (Å²) in [7, 11) is -3.62. The van der Waals surface area contributed by atoms with Gasteiger partial charge in [0.05, 0.1) is 4.90 Å². The van der Waals surface area contributed by atoms with E-state index in [0.29, 0.717) is 5.89 Å². The first kappa shape index (κ1) is 18.8. The van der Waals surface area contributed by atoms with Crippen LogP contribution in [0.25, 0.3) is 0 Å². The number of nitrogen functional groups attached to an aromatic ring is 1. The maximum atomic E-state index is 12.7. The fraction of sp³-hybridized carbons (Fsp3) is 0.556. The Bertz CT molecular complexity index is 916. The molecule has 0 atom stereocenters. The number of benzene rings is 1. The number of nitrogens with two attached hydrogens (primary N) is 1. The molecule has 1 aromatic heterocycles. The number of anilines is 1. The second-order valence-electron chi connectivity index (χ2n) is 8.16. The normalized spacial score (nSPS) is 18.5. The van der Waals surface area contributed by atoms with Crippen molar-refractivity contribution in [1.82, 2.24) is 14.9 Å². The van der Waals surface area contributed by atoms with Crippen molar-refractivity contribution >= 4 is 16.0 Å². The highest BCUT2D eigenvalue weighted by Gasteiger charge is 2.37. The first-order chi connectivity index (χ1) is 12.0. The van der Waals surface area contributed by atoms with E-state index in [1.807, 2.05) is 12.1 Å². The third-order valence-electron chi connectivity index (χ3n) is 5.25. The van der Waals surface area contributed by atoms with Gasteiger partial charge in [-0.2, -0.15) is 0 Å². The zero-order valence-electron chi connectivity index (χ0n) is 15.7. The van der Waals surface area contributed by atoms with Crippen LogP contribution in [0.15, 0.2) is 27.5 Å². The van der Waals surface area contributed by atoms with Crippen LogP contribution in [0.1, 0.15) is 57.6 Å². The highest BCUT2D eigenvalue weighted by molar-refractivity contribution is 7.89. The van der Waals surface area contributed by atoms with E-state index in [-0.39, 0.29) is 34.7 Å². The van der Waals surface area contributed by atoms with Gasteiger partial charge < -0.3 is 10.2 Å². The number of hydrogen-bond donors (Lipinski definition) is 2. The average Bonchev–Trinajstić information content (AvgIpc) is 2.97. The van der Waals surface area contributed by atoms with E-state index in [9.17, 15) is 8.42 Å². The van der Waals surface area contributed by atoms with Crippen LogP contribution in [-0.2, 0) is 27.3 Å². The van der Waals surface area contributed by atoms with E-state index in [1.165, 1.54) is 5.56 Å². The van der Waals surface area contributed by atoms with Gasteiger partial charge in [-0.25, -0.2) is 13.1 Å². The van der Waals surface area contributed by atoms with Crippen molar-refractivity contribution in [1.29, 1.82) is 0 Å². The molecule has 0 amide bonds. The van der Waals surface area contributed by atoms with Crippen LogP contribution >= 0.6 is 0 Å². The summed E-state index contributed by atoms with van der Waals surface area (Å²) in [6, 6.07) is 5.45. The molecule has 2 aromatic rings. The number of sulfonamides is 1. The number of fused-ring (bicyclic) bond motifs is 1. The SMILES string of the molecule is CC1(C)CCC(C)(C)c2cc(S(=O)(=O)NCCc3nnc(N)o3)ccc21. The Kier molecular flexibility index (Phi) is 4.60. The lowest BCUT2D eigenvalue weighted by molar-refractivity contribution is 0.331. The van der Waals surface area contributed by atoms with Crippen LogP contribution in [0, 0.1) is 0 Å². The summed E-state index contributed by atoms with van der Waals surface area (Å²) < 4.78 is 33.0. The van der Waals surface area contributed by atoms with E-state index in [2.05, 4.69) is 42.6 Å². The van der Waals surface area contributed by atoms with E-state index in [4.69, 9.17) is 10.2 Å². The summed E-state index contributed by atoms with van der Waals surface area (Å²) >= 11 is 0. The molecule has 0 aliphatic heterocycles. The quantitative estimate of drug-likeness (QED) is 0.827. The van der Waals surface area contributed by atoms with Crippen molar-refractivity contribution in [3.05, 3.63) is 35.2 Å². The van der Waals surface area contributed by atoms with Crippen molar-refractivity contribution < 1.29 is 12.8 Å². The third kappa shape index (κ3) is 3.61. The number of nitrogens with one attached hydrogen (secondary N) is 1. The molecule has 0 radical (unpaired) electrons. The van der Waals surface area contributed by atoms with Crippen LogP contribution in [0.2, 0.25) is 0 Å². The number of nitrogens with zero attached hydrogens (tertiary/aromatic N) is 2. The summed E-state index contributed by atoms with van der Waals surface area (Å²) in [5, 5.41) is 7.28. The van der Waals surface area contributed by atoms with Gasteiger partial charge in [0, 0.05) is 13.0 Å². The fourth-order valence-corrected chi connectivity index (χ4v) is 4.54. The molecule has 7 nitrogen and oxygen atoms in total. The molecule has 1 aliphatic carbocycles. The molecule has 0 bridgehead atoms. The minimum atomic E-state index is -3.62. The molecule has 142 valence electrons. The first-order valence-electron chi connectivity index (χ1n) is 8.74. The molecule has 0 saturated heterocycles. The van der Waals surface area contributed by atoms with Gasteiger partial charge in [-0.05, 0) is 46.9 Å². The van der Waals surface area contributed by atoms with Gasteiger partial charge in [-0.3, -0.25) is 0 Å². The highest BCUT2D eigenvalue weighted by Crippen LogP contribution is 2.46. The number of rotatable bonds is 5. The second-order valence-corrected chi connectivity index (χ2v) is 9.92. The van der Waals surface area contributed by atoms with Crippen molar-refractivity contribution in [2.24, 2.45) is 0 Å². The topological polar surface area (TPSA) is 111 Å². The molecule has 1 aromatic carbocycles. The van der Waals surface area contributed by atoms with Gasteiger partial charge in [0.1, 0.15) is 0 Å². The molecule has 0 fully saturated rings. The van der Waals surface area contributed by atoms with Crippen LogP contribution in [0.4, 0.5) is 6.01 Å². The Morgan fingerprint density at radius 1 is 1.12 bits per heavy atom. The summed E-state index contributed by atoms with van der Waals surface area (Å²) in [4.78, 5) is 0.284. The molecule has 1 aliphatic rings. The molecule has 8 heteroatoms.